The molecule has 3 N–H and O–H groups in total. The van der Waals surface area contributed by atoms with Gasteiger partial charge in [-0.05, 0) is 56.9 Å². The number of anilines is 1. The first-order valence-corrected chi connectivity index (χ1v) is 15.2. The van der Waals surface area contributed by atoms with Crippen LogP contribution in [0.5, 0.6) is 0 Å². The molecule has 10 nitrogen and oxygen atoms in total. The molecule has 2 unspecified atom stereocenters. The van der Waals surface area contributed by atoms with Gasteiger partial charge in [-0.1, -0.05) is 48.4 Å². The van der Waals surface area contributed by atoms with E-state index in [0.717, 1.165) is 36.7 Å². The predicted molar refractivity (Wildman–Crippen MR) is 157 cm³/mol. The minimum atomic E-state index is -0.686. The maximum absolute atomic E-state index is 14.2. The monoisotopic (exact) mass is 576 g/mol. The van der Waals surface area contributed by atoms with Crippen molar-refractivity contribution in [2.75, 3.05) is 18.5 Å². The molecule has 1 spiro atoms. The van der Waals surface area contributed by atoms with Crippen LogP contribution in [0.1, 0.15) is 45.4 Å². The summed E-state index contributed by atoms with van der Waals surface area (Å²) in [6.07, 6.45) is 4.62. The molecule has 3 fully saturated rings. The number of nitrogens with zero attached hydrogens (tertiary/aromatic N) is 4. The van der Waals surface area contributed by atoms with Gasteiger partial charge in [-0.2, -0.15) is 0 Å². The van der Waals surface area contributed by atoms with Crippen LogP contribution in [0.2, 0.25) is 0 Å². The molecule has 41 heavy (non-hydrogen) atoms. The number of hydrogen-bond donors (Lipinski definition) is 3. The van der Waals surface area contributed by atoms with Crippen LogP contribution >= 0.6 is 11.8 Å². The number of hydrogen-bond acceptors (Lipinski definition) is 7. The Morgan fingerprint density at radius 1 is 1.02 bits per heavy atom. The van der Waals surface area contributed by atoms with E-state index in [4.69, 9.17) is 5.11 Å². The van der Waals surface area contributed by atoms with Gasteiger partial charge in [-0.25, -0.2) is 4.68 Å². The molecule has 4 heterocycles. The topological polar surface area (TPSA) is 129 Å². The molecule has 216 valence electrons. The summed E-state index contributed by atoms with van der Waals surface area (Å²) in [5.41, 5.74) is 2.25. The van der Waals surface area contributed by atoms with Gasteiger partial charge in [0, 0.05) is 23.6 Å². The number of carbonyl (C=O) groups is 3. The Morgan fingerprint density at radius 2 is 1.78 bits per heavy atom. The van der Waals surface area contributed by atoms with Crippen molar-refractivity contribution in [2.45, 2.75) is 67.7 Å². The number of unbranched alkanes of at least 4 members (excludes halogenated alkanes) is 3. The van der Waals surface area contributed by atoms with Gasteiger partial charge in [0.25, 0.3) is 0 Å². The number of rotatable bonds is 11. The number of aromatic nitrogens is 3. The minimum Gasteiger partial charge on any atom is -0.396 e. The summed E-state index contributed by atoms with van der Waals surface area (Å²) in [5, 5.41) is 23.6. The summed E-state index contributed by atoms with van der Waals surface area (Å²) < 4.78 is 0.534. The molecule has 0 saturated carbocycles. The second-order valence-electron chi connectivity index (χ2n) is 11.5. The lowest BCUT2D eigenvalue weighted by Gasteiger charge is -2.34. The van der Waals surface area contributed by atoms with Crippen molar-refractivity contribution in [3.8, 4) is 0 Å². The number of carbonyl (C=O) groups excluding carboxylic acids is 3. The number of likely N-dealkylation sites (tertiary alicyclic amines) is 1. The van der Waals surface area contributed by atoms with Crippen LogP contribution in [-0.2, 0) is 21.1 Å². The zero-order valence-corrected chi connectivity index (χ0v) is 24.0. The van der Waals surface area contributed by atoms with Crippen molar-refractivity contribution < 1.29 is 19.5 Å². The normalized spacial score (nSPS) is 28.3. The molecule has 5 atom stereocenters. The number of nitrogens with one attached hydrogen (secondary N) is 2. The third-order valence-corrected chi connectivity index (χ3v) is 11.0. The molecule has 1 aromatic heterocycles. The molecule has 2 aromatic carbocycles. The van der Waals surface area contributed by atoms with E-state index < -0.39 is 27.4 Å². The standard InChI is InChI=1S/C30H36N6O4S/c1-29-15-16-30(41-29)24(23(29)26(38)32-20-11-5-4-6-12-20)28(40)35(17-9-2-3-10-18-37)25(30)27(39)31-19-36-22-14-8-7-13-21(22)33-34-36/h4-8,11-14,23-25,37H,2-3,9-10,15-19H2,1H3,(H,31,39)(H,32,38)/t23-,24-,25?,29+,30?/m0/s1. The van der Waals surface area contributed by atoms with Gasteiger partial charge in [-0.15, -0.1) is 16.9 Å². The molecular formula is C30H36N6O4S. The highest BCUT2D eigenvalue weighted by molar-refractivity contribution is 8.02. The first kappa shape index (κ1) is 27.7. The molecular weight excluding hydrogens is 540 g/mol. The van der Waals surface area contributed by atoms with Crippen molar-refractivity contribution >= 4 is 46.2 Å². The van der Waals surface area contributed by atoms with E-state index in [-0.39, 0.29) is 31.0 Å². The number of para-hydroxylation sites is 2. The Hall–Kier alpha value is -3.44. The average Bonchev–Trinajstić information content (AvgIpc) is 3.68. The molecule has 3 amide bonds. The van der Waals surface area contributed by atoms with Crippen molar-refractivity contribution in [1.82, 2.24) is 25.2 Å². The van der Waals surface area contributed by atoms with Crippen LogP contribution < -0.4 is 10.6 Å². The number of fused-ring (bicyclic) bond motifs is 2. The van der Waals surface area contributed by atoms with Crippen LogP contribution in [0.3, 0.4) is 0 Å². The molecule has 11 heteroatoms. The zero-order chi connectivity index (χ0) is 28.6. The van der Waals surface area contributed by atoms with Gasteiger partial charge in [0.15, 0.2) is 0 Å². The lowest BCUT2D eigenvalue weighted by molar-refractivity contribution is -0.139. The fraction of sp³-hybridized carbons (Fsp3) is 0.500. The first-order chi connectivity index (χ1) is 19.9. The van der Waals surface area contributed by atoms with Crippen molar-refractivity contribution in [3.63, 3.8) is 0 Å². The molecule has 0 aliphatic carbocycles. The molecule has 6 rings (SSSR count). The maximum atomic E-state index is 14.2. The fourth-order valence-electron chi connectivity index (χ4n) is 7.14. The Bertz CT molecular complexity index is 1450. The van der Waals surface area contributed by atoms with Gasteiger partial charge in [-0.3, -0.25) is 14.4 Å². The molecule has 2 bridgehead atoms. The number of amides is 3. The molecule has 3 saturated heterocycles. The van der Waals surface area contributed by atoms with Gasteiger partial charge in [0.1, 0.15) is 18.2 Å². The maximum Gasteiger partial charge on any atom is 0.245 e. The lowest BCUT2D eigenvalue weighted by atomic mass is 9.66. The summed E-state index contributed by atoms with van der Waals surface area (Å²) in [5.74, 6) is -1.61. The van der Waals surface area contributed by atoms with Crippen molar-refractivity contribution in [1.29, 1.82) is 0 Å². The smallest absolute Gasteiger partial charge is 0.245 e. The van der Waals surface area contributed by atoms with E-state index in [1.807, 2.05) is 54.6 Å². The fourth-order valence-corrected chi connectivity index (χ4v) is 9.50. The second kappa shape index (κ2) is 11.1. The number of benzene rings is 2. The Labute approximate surface area is 243 Å². The van der Waals surface area contributed by atoms with Crippen LogP contribution in [0.25, 0.3) is 11.0 Å². The van der Waals surface area contributed by atoms with E-state index in [9.17, 15) is 14.4 Å². The molecule has 0 radical (unpaired) electrons. The van der Waals surface area contributed by atoms with Crippen LogP contribution in [0.4, 0.5) is 5.69 Å². The summed E-state index contributed by atoms with van der Waals surface area (Å²) >= 11 is 1.66. The Morgan fingerprint density at radius 3 is 2.59 bits per heavy atom. The van der Waals surface area contributed by atoms with Crippen molar-refractivity contribution in [2.24, 2.45) is 11.8 Å². The van der Waals surface area contributed by atoms with Crippen LogP contribution in [0.15, 0.2) is 54.6 Å². The SMILES string of the molecule is C[C@]12CCC3(S1)C(C(=O)NCn1nnc4ccccc41)N(CCCCCCO)C(=O)[C@@H]3[C@H]2C(=O)Nc1ccccc1. The highest BCUT2D eigenvalue weighted by atomic mass is 32.2. The summed E-state index contributed by atoms with van der Waals surface area (Å²) in [4.78, 5) is 43.8. The van der Waals surface area contributed by atoms with E-state index in [0.29, 0.717) is 25.1 Å². The first-order valence-electron chi connectivity index (χ1n) is 14.4. The highest BCUT2D eigenvalue weighted by Crippen LogP contribution is 2.71. The summed E-state index contributed by atoms with van der Waals surface area (Å²) in [7, 11) is 0. The lowest BCUT2D eigenvalue weighted by Crippen LogP contribution is -2.54. The van der Waals surface area contributed by atoms with E-state index >= 15 is 0 Å². The molecule has 3 aliphatic heterocycles. The molecule has 3 aromatic rings. The number of thioether (sulfide) groups is 1. The quantitative estimate of drug-likeness (QED) is 0.299. The summed E-state index contributed by atoms with van der Waals surface area (Å²) in [6, 6.07) is 16.2. The van der Waals surface area contributed by atoms with Gasteiger partial charge < -0.3 is 20.6 Å². The van der Waals surface area contributed by atoms with Gasteiger partial charge in [0.2, 0.25) is 17.7 Å². The number of aliphatic hydroxyl groups is 1. The largest absolute Gasteiger partial charge is 0.396 e. The van der Waals surface area contributed by atoms with Crippen LogP contribution in [-0.4, -0.2) is 71.4 Å². The third kappa shape index (κ3) is 4.78. The van der Waals surface area contributed by atoms with Gasteiger partial charge in [0.05, 0.1) is 22.1 Å². The predicted octanol–water partition coefficient (Wildman–Crippen LogP) is 3.18. The van der Waals surface area contributed by atoms with E-state index in [1.54, 1.807) is 21.3 Å². The number of aliphatic hydroxyl groups excluding tert-OH is 1. The van der Waals surface area contributed by atoms with Crippen LogP contribution in [0, 0.1) is 11.8 Å². The average molecular weight is 577 g/mol. The zero-order valence-electron chi connectivity index (χ0n) is 23.2. The Balaban J connectivity index is 1.27. The second-order valence-corrected chi connectivity index (χ2v) is 13.4. The molecule has 3 aliphatic rings. The highest BCUT2D eigenvalue weighted by Gasteiger charge is 2.77. The van der Waals surface area contributed by atoms with E-state index in [2.05, 4.69) is 27.9 Å². The third-order valence-electron chi connectivity index (χ3n) is 8.98. The van der Waals surface area contributed by atoms with Gasteiger partial charge >= 0.3 is 0 Å². The summed E-state index contributed by atoms with van der Waals surface area (Å²) in [6.45, 7) is 2.79. The minimum absolute atomic E-state index is 0.109. The van der Waals surface area contributed by atoms with E-state index in [1.165, 1.54) is 0 Å². The Kier molecular flexibility index (Phi) is 7.50. The van der Waals surface area contributed by atoms with Crippen molar-refractivity contribution in [3.05, 3.63) is 54.6 Å².